The molecule has 5 rings (SSSR count). The van der Waals surface area contributed by atoms with E-state index in [-0.39, 0.29) is 35.9 Å². The fourth-order valence-electron chi connectivity index (χ4n) is 5.77. The summed E-state index contributed by atoms with van der Waals surface area (Å²) >= 11 is 0. The molecule has 4 heterocycles. The van der Waals surface area contributed by atoms with Crippen molar-refractivity contribution in [3.8, 4) is 0 Å². The summed E-state index contributed by atoms with van der Waals surface area (Å²) in [4.78, 5) is 27.9. The van der Waals surface area contributed by atoms with Crippen molar-refractivity contribution in [2.24, 2.45) is 11.8 Å². The molecule has 1 amide bonds. The number of nitrogens with zero attached hydrogens (tertiary/aromatic N) is 1. The third-order valence-electron chi connectivity index (χ3n) is 7.14. The number of methoxy groups -OCH3 is 1. The summed E-state index contributed by atoms with van der Waals surface area (Å²) in [6, 6.07) is 8.10. The number of para-hydroxylation sites is 1. The smallest absolute Gasteiger partial charge is 0.337 e. The molecule has 0 radical (unpaired) electrons. The Morgan fingerprint density at radius 1 is 1.37 bits per heavy atom. The number of carbonyl (C=O) groups excluding carboxylic acids is 2. The molecule has 5 atom stereocenters. The van der Waals surface area contributed by atoms with Crippen molar-refractivity contribution in [2.75, 3.05) is 25.5 Å². The molecule has 6 nitrogen and oxygen atoms in total. The lowest BCUT2D eigenvalue weighted by Crippen LogP contribution is -2.56. The zero-order valence-electron chi connectivity index (χ0n) is 15.6. The molecule has 1 aromatic rings. The Bertz CT molecular complexity index is 850. The molecule has 4 aliphatic heterocycles. The van der Waals surface area contributed by atoms with E-state index in [2.05, 4.69) is 23.2 Å². The number of hydrogen-bond acceptors (Lipinski definition) is 5. The summed E-state index contributed by atoms with van der Waals surface area (Å²) in [5.41, 5.74) is 2.11. The van der Waals surface area contributed by atoms with E-state index >= 15 is 0 Å². The summed E-state index contributed by atoms with van der Waals surface area (Å²) in [5.74, 6) is 0.0558. The topological polar surface area (TPSA) is 67.9 Å². The number of ether oxygens (including phenoxy) is 2. The van der Waals surface area contributed by atoms with Gasteiger partial charge in [-0.05, 0) is 37.9 Å². The first-order valence-electron chi connectivity index (χ1n) is 9.65. The van der Waals surface area contributed by atoms with Crippen LogP contribution in [0.5, 0.6) is 0 Å². The maximum Gasteiger partial charge on any atom is 0.337 e. The van der Waals surface area contributed by atoms with Gasteiger partial charge in [-0.2, -0.15) is 0 Å². The molecule has 4 aliphatic rings. The molecule has 6 heteroatoms. The molecule has 2 fully saturated rings. The number of piperidine rings is 1. The second-order valence-electron chi connectivity index (χ2n) is 8.14. The number of benzene rings is 1. The number of nitrogens with one attached hydrogen (secondary N) is 1. The Morgan fingerprint density at radius 2 is 2.19 bits per heavy atom. The maximum atomic E-state index is 13.1. The predicted molar refractivity (Wildman–Crippen MR) is 99.0 cm³/mol. The van der Waals surface area contributed by atoms with Gasteiger partial charge in [0.25, 0.3) is 0 Å². The number of fused-ring (bicyclic) bond motifs is 5. The van der Waals surface area contributed by atoms with Gasteiger partial charge in [-0.1, -0.05) is 18.2 Å². The van der Waals surface area contributed by atoms with Crippen LogP contribution in [0.1, 0.15) is 25.3 Å². The largest absolute Gasteiger partial charge is 0.497 e. The molecule has 1 aromatic carbocycles. The summed E-state index contributed by atoms with van der Waals surface area (Å²) in [6.45, 7) is 3.79. The fourth-order valence-corrected chi connectivity index (χ4v) is 5.77. The van der Waals surface area contributed by atoms with Gasteiger partial charge in [-0.15, -0.1) is 0 Å². The van der Waals surface area contributed by atoms with E-state index < -0.39 is 5.41 Å². The summed E-state index contributed by atoms with van der Waals surface area (Å²) < 4.78 is 10.8. The number of amides is 1. The van der Waals surface area contributed by atoms with Crippen molar-refractivity contribution in [1.29, 1.82) is 0 Å². The highest BCUT2D eigenvalue weighted by molar-refractivity contribution is 6.07. The van der Waals surface area contributed by atoms with Gasteiger partial charge in [0.2, 0.25) is 5.91 Å². The Hall–Kier alpha value is -2.34. The van der Waals surface area contributed by atoms with E-state index in [1.807, 2.05) is 18.2 Å². The van der Waals surface area contributed by atoms with Crippen molar-refractivity contribution in [3.05, 3.63) is 41.7 Å². The fraction of sp³-hybridized carbons (Fsp3) is 0.524. The lowest BCUT2D eigenvalue weighted by atomic mass is 9.66. The van der Waals surface area contributed by atoms with Crippen LogP contribution in [0.2, 0.25) is 0 Å². The highest BCUT2D eigenvalue weighted by atomic mass is 16.5. The second kappa shape index (κ2) is 5.83. The van der Waals surface area contributed by atoms with E-state index in [0.717, 1.165) is 37.2 Å². The SMILES string of the molecule is COC(=O)C1=CO[C@H](C)[C@@H]2CN3CC[C@]4(C(=O)Nc5ccccc54)[C@H]3C[C@@H]12. The first kappa shape index (κ1) is 16.8. The molecule has 1 spiro atoms. The van der Waals surface area contributed by atoms with Crippen LogP contribution in [-0.4, -0.2) is 49.1 Å². The highest BCUT2D eigenvalue weighted by Gasteiger charge is 2.61. The predicted octanol–water partition coefficient (Wildman–Crippen LogP) is 2.06. The van der Waals surface area contributed by atoms with Crippen molar-refractivity contribution >= 4 is 17.6 Å². The molecule has 27 heavy (non-hydrogen) atoms. The van der Waals surface area contributed by atoms with Gasteiger partial charge in [0.15, 0.2) is 0 Å². The Kier molecular flexibility index (Phi) is 3.63. The standard InChI is InChI=1S/C21H24N2O4/c1-12-14-10-23-8-7-21(16-5-3-4-6-17(16)22-20(21)25)18(23)9-13(14)15(11-27-12)19(24)26-2/h3-6,11-14,18H,7-10H2,1-2H3,(H,22,25)/t12-,13-,14+,18-,21-/m1/s1. The number of esters is 1. The zero-order valence-corrected chi connectivity index (χ0v) is 15.6. The van der Waals surface area contributed by atoms with Crippen molar-refractivity contribution < 1.29 is 19.1 Å². The molecule has 1 N–H and O–H groups in total. The number of anilines is 1. The third-order valence-corrected chi connectivity index (χ3v) is 7.14. The number of rotatable bonds is 1. The number of carbonyl (C=O) groups is 2. The van der Waals surface area contributed by atoms with Crippen molar-refractivity contribution in [3.63, 3.8) is 0 Å². The van der Waals surface area contributed by atoms with Crippen LogP contribution in [0.25, 0.3) is 0 Å². The van der Waals surface area contributed by atoms with Crippen LogP contribution in [0, 0.1) is 11.8 Å². The van der Waals surface area contributed by atoms with E-state index in [1.165, 1.54) is 7.11 Å². The molecular weight excluding hydrogens is 344 g/mol. The first-order chi connectivity index (χ1) is 13.1. The van der Waals surface area contributed by atoms with Gasteiger partial charge in [-0.3, -0.25) is 9.69 Å². The summed E-state index contributed by atoms with van der Waals surface area (Å²) in [6.07, 6.45) is 3.20. The van der Waals surface area contributed by atoms with Gasteiger partial charge in [-0.25, -0.2) is 4.79 Å². The van der Waals surface area contributed by atoms with Crippen LogP contribution in [0.15, 0.2) is 36.1 Å². The normalized spacial score (nSPS) is 37.0. The minimum Gasteiger partial charge on any atom is -0.497 e. The Labute approximate surface area is 158 Å². The van der Waals surface area contributed by atoms with Crippen LogP contribution >= 0.6 is 0 Å². The van der Waals surface area contributed by atoms with Crippen LogP contribution in [0.3, 0.4) is 0 Å². The second-order valence-corrected chi connectivity index (χ2v) is 8.14. The average Bonchev–Trinajstić information content (AvgIpc) is 3.20. The van der Waals surface area contributed by atoms with Crippen molar-refractivity contribution in [2.45, 2.75) is 37.3 Å². The van der Waals surface area contributed by atoms with E-state index in [9.17, 15) is 9.59 Å². The molecule has 0 saturated carbocycles. The van der Waals surface area contributed by atoms with E-state index in [0.29, 0.717) is 5.57 Å². The molecule has 0 bridgehead atoms. The van der Waals surface area contributed by atoms with Crippen molar-refractivity contribution in [1.82, 2.24) is 4.90 Å². The lowest BCUT2D eigenvalue weighted by molar-refractivity contribution is -0.139. The van der Waals surface area contributed by atoms with Gasteiger partial charge < -0.3 is 14.8 Å². The van der Waals surface area contributed by atoms with Crippen LogP contribution in [0.4, 0.5) is 5.69 Å². The lowest BCUT2D eigenvalue weighted by Gasteiger charge is -2.48. The molecule has 0 aliphatic carbocycles. The zero-order chi connectivity index (χ0) is 18.8. The van der Waals surface area contributed by atoms with Gasteiger partial charge in [0.05, 0.1) is 30.5 Å². The highest BCUT2D eigenvalue weighted by Crippen LogP contribution is 2.53. The summed E-state index contributed by atoms with van der Waals surface area (Å²) in [7, 11) is 1.41. The minimum atomic E-state index is -0.523. The average molecular weight is 368 g/mol. The Balaban J connectivity index is 1.55. The molecule has 2 saturated heterocycles. The third kappa shape index (κ3) is 2.16. The first-order valence-corrected chi connectivity index (χ1v) is 9.65. The van der Waals surface area contributed by atoms with E-state index in [4.69, 9.17) is 9.47 Å². The maximum absolute atomic E-state index is 13.1. The quantitative estimate of drug-likeness (QED) is 0.769. The molecule has 142 valence electrons. The molecular formula is C21H24N2O4. The molecule has 0 aromatic heterocycles. The van der Waals surface area contributed by atoms with Gasteiger partial charge >= 0.3 is 5.97 Å². The van der Waals surface area contributed by atoms with Crippen LogP contribution < -0.4 is 5.32 Å². The molecule has 0 unspecified atom stereocenters. The van der Waals surface area contributed by atoms with Gasteiger partial charge in [0, 0.05) is 30.1 Å². The Morgan fingerprint density at radius 3 is 3.00 bits per heavy atom. The summed E-state index contributed by atoms with van der Waals surface area (Å²) in [5, 5.41) is 3.09. The monoisotopic (exact) mass is 368 g/mol. The number of hydrogen-bond donors (Lipinski definition) is 1. The van der Waals surface area contributed by atoms with Crippen LogP contribution in [-0.2, 0) is 24.5 Å². The van der Waals surface area contributed by atoms with Gasteiger partial charge in [0.1, 0.15) is 0 Å². The minimum absolute atomic E-state index is 0.0468. The van der Waals surface area contributed by atoms with E-state index in [1.54, 1.807) is 6.26 Å².